The number of fused-ring (bicyclic) bond motifs is 1. The van der Waals surface area contributed by atoms with Crippen LogP contribution in [-0.4, -0.2) is 21.8 Å². The zero-order chi connectivity index (χ0) is 24.2. The number of hydrogen-bond donors (Lipinski definition) is 2. The van der Waals surface area contributed by atoms with Gasteiger partial charge in [-0.15, -0.1) is 0 Å². The van der Waals surface area contributed by atoms with Crippen LogP contribution in [-0.2, 0) is 0 Å². The van der Waals surface area contributed by atoms with Crippen molar-refractivity contribution >= 4 is 38.8 Å². The third-order valence-corrected chi connectivity index (χ3v) is 5.95. The minimum Gasteiger partial charge on any atom is -0.267 e. The van der Waals surface area contributed by atoms with Crippen LogP contribution < -0.4 is 10.9 Å². The lowest BCUT2D eigenvalue weighted by atomic mass is 10.0. The van der Waals surface area contributed by atoms with Gasteiger partial charge in [-0.25, -0.2) is 9.97 Å². The summed E-state index contributed by atoms with van der Waals surface area (Å²) in [6, 6.07) is 31.6. The summed E-state index contributed by atoms with van der Waals surface area (Å²) in [6.45, 7) is 0. The number of aromatic nitrogens is 2. The van der Waals surface area contributed by atoms with Gasteiger partial charge in [-0.1, -0.05) is 76.6 Å². The van der Waals surface area contributed by atoms with E-state index in [9.17, 15) is 9.59 Å². The second kappa shape index (κ2) is 9.87. The van der Waals surface area contributed by atoms with E-state index >= 15 is 0 Å². The third kappa shape index (κ3) is 4.95. The van der Waals surface area contributed by atoms with Gasteiger partial charge in [0.15, 0.2) is 0 Å². The smallest absolute Gasteiger partial charge is 0.267 e. The van der Waals surface area contributed by atoms with Crippen LogP contribution in [0.3, 0.4) is 0 Å². The molecule has 0 bridgehead atoms. The summed E-state index contributed by atoms with van der Waals surface area (Å²) in [6.07, 6.45) is 0. The first-order valence-corrected chi connectivity index (χ1v) is 11.7. The van der Waals surface area contributed by atoms with Gasteiger partial charge in [0.2, 0.25) is 0 Å². The van der Waals surface area contributed by atoms with Gasteiger partial charge < -0.3 is 0 Å². The van der Waals surface area contributed by atoms with Gasteiger partial charge in [-0.05, 0) is 42.5 Å². The summed E-state index contributed by atoms with van der Waals surface area (Å²) in [5.41, 5.74) is 10.3. The molecule has 0 fully saturated rings. The Morgan fingerprint density at radius 2 is 1.06 bits per heavy atom. The first kappa shape index (κ1) is 22.4. The Hall–Kier alpha value is -4.36. The number of rotatable bonds is 4. The maximum Gasteiger partial charge on any atom is 0.269 e. The molecule has 0 atom stereocenters. The van der Waals surface area contributed by atoms with E-state index < -0.39 is 11.8 Å². The van der Waals surface area contributed by atoms with Crippen molar-refractivity contribution in [1.82, 2.24) is 20.8 Å². The van der Waals surface area contributed by atoms with Crippen molar-refractivity contribution in [2.75, 3.05) is 0 Å². The van der Waals surface area contributed by atoms with Gasteiger partial charge >= 0.3 is 0 Å². The monoisotopic (exact) mass is 522 g/mol. The van der Waals surface area contributed by atoms with Gasteiger partial charge in [-0.2, -0.15) is 0 Å². The highest BCUT2D eigenvalue weighted by molar-refractivity contribution is 9.10. The molecule has 5 aromatic rings. The lowest BCUT2D eigenvalue weighted by molar-refractivity contribution is 0.0847. The molecule has 1 aromatic heterocycles. The fraction of sp³-hybridized carbons (Fsp3) is 0. The van der Waals surface area contributed by atoms with Crippen molar-refractivity contribution in [3.8, 4) is 22.5 Å². The Kier molecular flexibility index (Phi) is 6.32. The number of hydrogen-bond acceptors (Lipinski definition) is 4. The second-order valence-electron chi connectivity index (χ2n) is 7.77. The van der Waals surface area contributed by atoms with Crippen LogP contribution in [0.15, 0.2) is 108 Å². The van der Waals surface area contributed by atoms with E-state index in [4.69, 9.17) is 9.97 Å². The van der Waals surface area contributed by atoms with Crippen molar-refractivity contribution in [2.24, 2.45) is 0 Å². The number of halogens is 1. The fourth-order valence-corrected chi connectivity index (χ4v) is 3.91. The van der Waals surface area contributed by atoms with Crippen molar-refractivity contribution in [3.05, 3.63) is 119 Å². The average molecular weight is 523 g/mol. The van der Waals surface area contributed by atoms with Crippen LogP contribution in [0.5, 0.6) is 0 Å². The summed E-state index contributed by atoms with van der Waals surface area (Å²) in [4.78, 5) is 34.8. The number of carbonyl (C=O) groups is 2. The Labute approximate surface area is 210 Å². The molecule has 0 unspecified atom stereocenters. The van der Waals surface area contributed by atoms with Gasteiger partial charge in [-0.3, -0.25) is 20.4 Å². The van der Waals surface area contributed by atoms with E-state index in [1.165, 1.54) is 0 Å². The molecular formula is C28H19BrN4O2. The zero-order valence-electron chi connectivity index (χ0n) is 18.4. The van der Waals surface area contributed by atoms with Gasteiger partial charge in [0.05, 0.1) is 22.4 Å². The highest BCUT2D eigenvalue weighted by Crippen LogP contribution is 2.31. The van der Waals surface area contributed by atoms with Crippen LogP contribution in [0.25, 0.3) is 33.5 Å². The molecule has 170 valence electrons. The fourth-order valence-electron chi connectivity index (χ4n) is 3.65. The highest BCUT2D eigenvalue weighted by Gasteiger charge is 2.15. The lowest BCUT2D eigenvalue weighted by Gasteiger charge is -2.12. The van der Waals surface area contributed by atoms with Crippen LogP contribution in [0.1, 0.15) is 20.7 Å². The Morgan fingerprint density at radius 3 is 1.63 bits per heavy atom. The molecule has 6 nitrogen and oxygen atoms in total. The van der Waals surface area contributed by atoms with Gasteiger partial charge in [0, 0.05) is 26.7 Å². The SMILES string of the molecule is O=C(NNC(=O)c1ccc2nc(-c3ccccc3)c(-c3ccccc3)nc2c1)c1ccc(Br)cc1. The van der Waals surface area contributed by atoms with E-state index in [-0.39, 0.29) is 0 Å². The predicted octanol–water partition coefficient (Wildman–Crippen LogP) is 5.80. The number of carbonyl (C=O) groups excluding carboxylic acids is 2. The molecule has 35 heavy (non-hydrogen) atoms. The van der Waals surface area contributed by atoms with Crippen molar-refractivity contribution in [3.63, 3.8) is 0 Å². The molecule has 4 aromatic carbocycles. The predicted molar refractivity (Wildman–Crippen MR) is 139 cm³/mol. The number of nitrogens with one attached hydrogen (secondary N) is 2. The number of benzene rings is 4. The molecular weight excluding hydrogens is 504 g/mol. The molecule has 5 rings (SSSR count). The van der Waals surface area contributed by atoms with E-state index in [0.29, 0.717) is 22.2 Å². The molecule has 0 aliphatic carbocycles. The van der Waals surface area contributed by atoms with Crippen LogP contribution in [0, 0.1) is 0 Å². The minimum absolute atomic E-state index is 0.356. The lowest BCUT2D eigenvalue weighted by Crippen LogP contribution is -2.41. The summed E-state index contributed by atoms with van der Waals surface area (Å²) in [7, 11) is 0. The standard InChI is InChI=1S/C28H19BrN4O2/c29-22-14-11-20(12-15-22)27(34)32-33-28(35)21-13-16-23-24(17-21)31-26(19-9-5-2-6-10-19)25(30-23)18-7-3-1-4-8-18/h1-17H,(H,32,34)(H,33,35). The van der Waals surface area contributed by atoms with E-state index in [2.05, 4.69) is 26.8 Å². The maximum atomic E-state index is 12.7. The normalized spacial score (nSPS) is 10.7. The van der Waals surface area contributed by atoms with E-state index in [1.807, 2.05) is 60.7 Å². The molecule has 2 N–H and O–H groups in total. The topological polar surface area (TPSA) is 84.0 Å². The molecule has 0 spiro atoms. The van der Waals surface area contributed by atoms with Crippen LogP contribution >= 0.6 is 15.9 Å². The molecule has 0 saturated heterocycles. The summed E-state index contributed by atoms with van der Waals surface area (Å²) in [5, 5.41) is 0. The van der Waals surface area contributed by atoms with Crippen LogP contribution in [0.2, 0.25) is 0 Å². The minimum atomic E-state index is -0.451. The molecule has 7 heteroatoms. The molecule has 0 saturated carbocycles. The summed E-state index contributed by atoms with van der Waals surface area (Å²) < 4.78 is 0.862. The summed E-state index contributed by atoms with van der Waals surface area (Å²) >= 11 is 3.33. The first-order chi connectivity index (χ1) is 17.1. The number of amides is 2. The third-order valence-electron chi connectivity index (χ3n) is 5.42. The number of hydrazine groups is 1. The molecule has 0 aliphatic rings. The maximum absolute atomic E-state index is 12.7. The molecule has 1 heterocycles. The second-order valence-corrected chi connectivity index (χ2v) is 8.69. The Balaban J connectivity index is 1.46. The molecule has 0 aliphatic heterocycles. The Bertz CT molecular complexity index is 1520. The van der Waals surface area contributed by atoms with E-state index in [0.717, 1.165) is 27.0 Å². The first-order valence-electron chi connectivity index (χ1n) is 10.9. The average Bonchev–Trinajstić information content (AvgIpc) is 2.92. The van der Waals surface area contributed by atoms with Gasteiger partial charge in [0.25, 0.3) is 11.8 Å². The quantitative estimate of drug-likeness (QED) is 0.292. The molecule has 0 radical (unpaired) electrons. The van der Waals surface area contributed by atoms with E-state index in [1.54, 1.807) is 42.5 Å². The van der Waals surface area contributed by atoms with Crippen molar-refractivity contribution in [1.29, 1.82) is 0 Å². The van der Waals surface area contributed by atoms with Crippen molar-refractivity contribution in [2.45, 2.75) is 0 Å². The zero-order valence-corrected chi connectivity index (χ0v) is 20.0. The molecule has 2 amide bonds. The van der Waals surface area contributed by atoms with Crippen molar-refractivity contribution < 1.29 is 9.59 Å². The van der Waals surface area contributed by atoms with Gasteiger partial charge in [0.1, 0.15) is 0 Å². The Morgan fingerprint density at radius 1 is 0.571 bits per heavy atom. The highest BCUT2D eigenvalue weighted by atomic mass is 79.9. The van der Waals surface area contributed by atoms with Crippen LogP contribution in [0.4, 0.5) is 0 Å². The largest absolute Gasteiger partial charge is 0.269 e. The number of nitrogens with zero attached hydrogens (tertiary/aromatic N) is 2. The summed E-state index contributed by atoms with van der Waals surface area (Å²) in [5.74, 6) is -0.863.